The van der Waals surface area contributed by atoms with Gasteiger partial charge in [-0.2, -0.15) is 5.26 Å². The number of fused-ring (bicyclic) bond motifs is 1. The van der Waals surface area contributed by atoms with Crippen molar-refractivity contribution < 1.29 is 4.42 Å². The van der Waals surface area contributed by atoms with Crippen molar-refractivity contribution in [2.75, 3.05) is 0 Å². The van der Waals surface area contributed by atoms with Crippen molar-refractivity contribution in [2.45, 2.75) is 0 Å². The van der Waals surface area contributed by atoms with Crippen molar-refractivity contribution in [3.05, 3.63) is 27.7 Å². The average molecular weight is 270 g/mol. The van der Waals surface area contributed by atoms with Gasteiger partial charge in [0.1, 0.15) is 12.3 Å². The Morgan fingerprint density at radius 3 is 3.17 bits per heavy atom. The first-order valence-electron chi connectivity index (χ1n) is 3.24. The zero-order valence-corrected chi connectivity index (χ0v) is 8.07. The van der Waals surface area contributed by atoms with Crippen molar-refractivity contribution in [3.63, 3.8) is 0 Å². The predicted molar refractivity (Wildman–Crippen MR) is 51.4 cm³/mol. The monoisotopic (exact) mass is 270 g/mol. The molecule has 4 heteroatoms. The Balaban J connectivity index is 2.82. The minimum absolute atomic E-state index is 0.557. The smallest absolute Gasteiger partial charge is 0.227 e. The number of nitrogens with zero attached hydrogens (tertiary/aromatic N) is 2. The van der Waals surface area contributed by atoms with E-state index in [9.17, 15) is 0 Å². The molecule has 2 aromatic rings. The number of furan rings is 1. The highest BCUT2D eigenvalue weighted by Gasteiger charge is 2.04. The molecule has 0 atom stereocenters. The van der Waals surface area contributed by atoms with E-state index in [1.165, 1.54) is 6.20 Å². The lowest BCUT2D eigenvalue weighted by Crippen LogP contribution is -1.78. The summed E-state index contributed by atoms with van der Waals surface area (Å²) in [5, 5.41) is 9.50. The van der Waals surface area contributed by atoms with E-state index >= 15 is 0 Å². The molecular formula is C8H3IN2O. The minimum atomic E-state index is 0.557. The Morgan fingerprint density at radius 2 is 2.42 bits per heavy atom. The van der Waals surface area contributed by atoms with Crippen molar-refractivity contribution in [1.29, 1.82) is 5.26 Å². The third-order valence-corrected chi connectivity index (χ3v) is 2.35. The van der Waals surface area contributed by atoms with Crippen molar-refractivity contribution in [1.82, 2.24) is 4.98 Å². The van der Waals surface area contributed by atoms with E-state index in [2.05, 4.69) is 27.6 Å². The van der Waals surface area contributed by atoms with E-state index < -0.39 is 0 Å². The van der Waals surface area contributed by atoms with Crippen molar-refractivity contribution in [2.24, 2.45) is 0 Å². The molecule has 0 bridgehead atoms. The molecule has 0 aromatic carbocycles. The van der Waals surface area contributed by atoms with E-state index in [-0.39, 0.29) is 0 Å². The van der Waals surface area contributed by atoms with Gasteiger partial charge in [0.15, 0.2) is 0 Å². The van der Waals surface area contributed by atoms with E-state index in [1.807, 2.05) is 6.07 Å². The first-order chi connectivity index (χ1) is 5.81. The van der Waals surface area contributed by atoms with Crippen LogP contribution in [-0.2, 0) is 0 Å². The lowest BCUT2D eigenvalue weighted by atomic mass is 10.2. The maximum atomic E-state index is 8.60. The zero-order valence-electron chi connectivity index (χ0n) is 5.91. The van der Waals surface area contributed by atoms with Crippen LogP contribution in [-0.4, -0.2) is 4.98 Å². The van der Waals surface area contributed by atoms with Gasteiger partial charge in [0.25, 0.3) is 0 Å². The molecular weight excluding hydrogens is 267 g/mol. The highest BCUT2D eigenvalue weighted by atomic mass is 127. The van der Waals surface area contributed by atoms with Crippen LogP contribution in [0.15, 0.2) is 22.9 Å². The molecule has 3 nitrogen and oxygen atoms in total. The molecule has 0 unspecified atom stereocenters. The summed E-state index contributed by atoms with van der Waals surface area (Å²) in [7, 11) is 0. The van der Waals surface area contributed by atoms with Gasteiger partial charge < -0.3 is 4.42 Å². The van der Waals surface area contributed by atoms with Gasteiger partial charge in [0.05, 0.1) is 14.5 Å². The summed E-state index contributed by atoms with van der Waals surface area (Å²) in [6, 6.07) is 3.80. The summed E-state index contributed by atoms with van der Waals surface area (Å²) < 4.78 is 6.10. The van der Waals surface area contributed by atoms with Gasteiger partial charge in [-0.3, -0.25) is 0 Å². The van der Waals surface area contributed by atoms with Crippen LogP contribution in [0.3, 0.4) is 0 Å². The van der Waals surface area contributed by atoms with Crippen LogP contribution in [0.25, 0.3) is 11.1 Å². The number of rotatable bonds is 0. The third kappa shape index (κ3) is 1.06. The van der Waals surface area contributed by atoms with E-state index in [1.54, 1.807) is 12.3 Å². The summed E-state index contributed by atoms with van der Waals surface area (Å²) in [5.74, 6) is 0. The van der Waals surface area contributed by atoms with Crippen LogP contribution < -0.4 is 0 Å². The average Bonchev–Trinajstić information content (AvgIpc) is 2.47. The van der Waals surface area contributed by atoms with E-state index in [0.29, 0.717) is 11.3 Å². The third-order valence-electron chi connectivity index (χ3n) is 1.51. The van der Waals surface area contributed by atoms with E-state index in [4.69, 9.17) is 9.68 Å². The topological polar surface area (TPSA) is 49.8 Å². The van der Waals surface area contributed by atoms with Gasteiger partial charge in [-0.05, 0) is 28.7 Å². The van der Waals surface area contributed by atoms with Crippen LogP contribution >= 0.6 is 22.6 Å². The molecule has 2 heterocycles. The molecule has 12 heavy (non-hydrogen) atoms. The van der Waals surface area contributed by atoms with Crippen LogP contribution in [0.1, 0.15) is 5.56 Å². The fraction of sp³-hybridized carbons (Fsp3) is 0. The lowest BCUT2D eigenvalue weighted by Gasteiger charge is -1.87. The molecule has 0 spiro atoms. The van der Waals surface area contributed by atoms with Gasteiger partial charge >= 0.3 is 0 Å². The molecule has 0 radical (unpaired) electrons. The fourth-order valence-corrected chi connectivity index (χ4v) is 1.46. The Labute approximate surface area is 82.1 Å². The second kappa shape index (κ2) is 2.75. The maximum absolute atomic E-state index is 8.60. The highest BCUT2D eigenvalue weighted by molar-refractivity contribution is 14.1. The Hall–Kier alpha value is -1.09. The molecule has 0 saturated heterocycles. The van der Waals surface area contributed by atoms with Gasteiger partial charge in [-0.25, -0.2) is 4.98 Å². The Kier molecular flexibility index (Phi) is 1.73. The molecule has 2 aromatic heterocycles. The lowest BCUT2D eigenvalue weighted by molar-refractivity contribution is 0.601. The normalized spacial score (nSPS) is 10.0. The summed E-state index contributed by atoms with van der Waals surface area (Å²) in [6.07, 6.45) is 3.13. The second-order valence-corrected chi connectivity index (χ2v) is 3.43. The molecule has 58 valence electrons. The van der Waals surface area contributed by atoms with Gasteiger partial charge in [0, 0.05) is 6.20 Å². The SMILES string of the molecule is N#Cc1cnc2occ(I)c2c1. The van der Waals surface area contributed by atoms with Crippen molar-refractivity contribution in [3.8, 4) is 6.07 Å². The van der Waals surface area contributed by atoms with Gasteiger partial charge in [-0.1, -0.05) is 0 Å². The molecule has 0 aliphatic heterocycles. The summed E-state index contributed by atoms with van der Waals surface area (Å²) in [4.78, 5) is 3.98. The zero-order chi connectivity index (χ0) is 8.55. The highest BCUT2D eigenvalue weighted by Crippen LogP contribution is 2.21. The Bertz CT molecular complexity index is 469. The standard InChI is InChI=1S/C8H3IN2O/c9-7-4-12-8-6(7)1-5(2-10)3-11-8/h1,3-4H. The fourth-order valence-electron chi connectivity index (χ4n) is 0.949. The number of halogens is 1. The number of nitriles is 1. The van der Waals surface area contributed by atoms with Crippen LogP contribution in [0.5, 0.6) is 0 Å². The predicted octanol–water partition coefficient (Wildman–Crippen LogP) is 2.30. The van der Waals surface area contributed by atoms with Crippen LogP contribution in [0.2, 0.25) is 0 Å². The first kappa shape index (κ1) is 7.55. The van der Waals surface area contributed by atoms with Gasteiger partial charge in [0.2, 0.25) is 5.71 Å². The largest absolute Gasteiger partial charge is 0.445 e. The molecule has 0 aliphatic rings. The quantitative estimate of drug-likeness (QED) is 0.690. The number of hydrogen-bond acceptors (Lipinski definition) is 3. The van der Waals surface area contributed by atoms with Crippen LogP contribution in [0, 0.1) is 14.9 Å². The van der Waals surface area contributed by atoms with Crippen molar-refractivity contribution >= 4 is 33.7 Å². The second-order valence-electron chi connectivity index (χ2n) is 2.27. The number of pyridine rings is 1. The summed E-state index contributed by atoms with van der Waals surface area (Å²) in [6.45, 7) is 0. The van der Waals surface area contributed by atoms with Crippen LogP contribution in [0.4, 0.5) is 0 Å². The molecule has 2 rings (SSSR count). The van der Waals surface area contributed by atoms with Gasteiger partial charge in [-0.15, -0.1) is 0 Å². The summed E-state index contributed by atoms with van der Waals surface area (Å²) >= 11 is 2.14. The van der Waals surface area contributed by atoms with E-state index in [0.717, 1.165) is 8.96 Å². The molecule has 0 saturated carbocycles. The first-order valence-corrected chi connectivity index (χ1v) is 4.32. The summed E-state index contributed by atoms with van der Waals surface area (Å²) in [5.41, 5.74) is 1.14. The molecule has 0 fully saturated rings. The molecule has 0 amide bonds. The molecule has 0 aliphatic carbocycles. The minimum Gasteiger partial charge on any atom is -0.445 e. The number of aromatic nitrogens is 1. The number of hydrogen-bond donors (Lipinski definition) is 0. The molecule has 0 N–H and O–H groups in total. The maximum Gasteiger partial charge on any atom is 0.227 e. The Morgan fingerprint density at radius 1 is 1.58 bits per heavy atom.